The molecule has 0 saturated carbocycles. The van der Waals surface area contributed by atoms with Crippen LogP contribution < -0.4 is 19.7 Å². The van der Waals surface area contributed by atoms with Crippen LogP contribution in [0.15, 0.2) is 48.2 Å². The highest BCUT2D eigenvalue weighted by Crippen LogP contribution is 2.34. The number of halogens is 1. The van der Waals surface area contributed by atoms with Gasteiger partial charge in [0.25, 0.3) is 11.8 Å². The van der Waals surface area contributed by atoms with Gasteiger partial charge in [-0.2, -0.15) is 0 Å². The maximum atomic E-state index is 13.7. The predicted molar refractivity (Wildman–Crippen MR) is 111 cm³/mol. The standard InChI is InChI=1S/C23H20FN3O5/c1-13-2-4-15-9-16(24)5-6-18(15)26(13)11-17-21(28)25-23(30)27(22(17)29)10-14-3-7-19-20(8-14)32-12-31-19/h3,5-9,11,13H,2,4,10,12H2,1H3,(H,25,28,30)/b17-11-. The second kappa shape index (κ2) is 7.67. The molecule has 164 valence electrons. The summed E-state index contributed by atoms with van der Waals surface area (Å²) >= 11 is 0. The molecule has 1 saturated heterocycles. The summed E-state index contributed by atoms with van der Waals surface area (Å²) in [6, 6.07) is 8.78. The Morgan fingerprint density at radius 2 is 1.94 bits per heavy atom. The van der Waals surface area contributed by atoms with Crippen LogP contribution in [0.3, 0.4) is 0 Å². The van der Waals surface area contributed by atoms with Crippen LogP contribution in [0.4, 0.5) is 14.9 Å². The van der Waals surface area contributed by atoms with E-state index >= 15 is 0 Å². The highest BCUT2D eigenvalue weighted by molar-refractivity contribution is 6.28. The average Bonchev–Trinajstić information content (AvgIpc) is 3.23. The monoisotopic (exact) mass is 437 g/mol. The van der Waals surface area contributed by atoms with E-state index in [9.17, 15) is 18.8 Å². The Hall–Kier alpha value is -3.88. The first kappa shape index (κ1) is 20.0. The molecule has 8 nitrogen and oxygen atoms in total. The number of urea groups is 1. The molecule has 0 spiro atoms. The molecule has 0 bridgehead atoms. The summed E-state index contributed by atoms with van der Waals surface area (Å²) in [6.07, 6.45) is 2.88. The fourth-order valence-corrected chi connectivity index (χ4v) is 4.13. The minimum atomic E-state index is -0.788. The van der Waals surface area contributed by atoms with Gasteiger partial charge in [0.15, 0.2) is 11.5 Å². The van der Waals surface area contributed by atoms with E-state index in [4.69, 9.17) is 9.47 Å². The van der Waals surface area contributed by atoms with Gasteiger partial charge < -0.3 is 14.4 Å². The van der Waals surface area contributed by atoms with Crippen molar-refractivity contribution in [2.45, 2.75) is 32.4 Å². The molecule has 1 N–H and O–H groups in total. The number of hydrogen-bond donors (Lipinski definition) is 1. The van der Waals surface area contributed by atoms with Gasteiger partial charge in [-0.25, -0.2) is 9.18 Å². The number of anilines is 1. The van der Waals surface area contributed by atoms with Crippen molar-refractivity contribution >= 4 is 23.5 Å². The van der Waals surface area contributed by atoms with E-state index < -0.39 is 17.8 Å². The Kier molecular flexibility index (Phi) is 4.80. The number of amides is 4. The van der Waals surface area contributed by atoms with Crippen molar-refractivity contribution in [1.82, 2.24) is 10.2 Å². The molecule has 2 aromatic carbocycles. The van der Waals surface area contributed by atoms with Crippen LogP contribution in [-0.4, -0.2) is 35.6 Å². The minimum Gasteiger partial charge on any atom is -0.454 e. The molecule has 32 heavy (non-hydrogen) atoms. The van der Waals surface area contributed by atoms with Crippen LogP contribution in [0.1, 0.15) is 24.5 Å². The number of imide groups is 2. The Balaban J connectivity index is 1.45. The van der Waals surface area contributed by atoms with E-state index in [1.807, 2.05) is 6.92 Å². The Labute approximate surface area is 183 Å². The van der Waals surface area contributed by atoms with E-state index in [0.717, 1.165) is 22.6 Å². The molecular weight excluding hydrogens is 417 g/mol. The van der Waals surface area contributed by atoms with E-state index in [2.05, 4.69) is 5.32 Å². The summed E-state index contributed by atoms with van der Waals surface area (Å²) in [5, 5.41) is 2.24. The van der Waals surface area contributed by atoms with Crippen LogP contribution in [0.2, 0.25) is 0 Å². The van der Waals surface area contributed by atoms with Crippen LogP contribution >= 0.6 is 0 Å². The first-order chi connectivity index (χ1) is 15.4. The Bertz CT molecular complexity index is 1180. The Morgan fingerprint density at radius 3 is 2.78 bits per heavy atom. The molecular formula is C23H20FN3O5. The number of carbonyl (C=O) groups excluding carboxylic acids is 3. The highest BCUT2D eigenvalue weighted by Gasteiger charge is 2.37. The van der Waals surface area contributed by atoms with Crippen LogP contribution in [0.25, 0.3) is 0 Å². The molecule has 4 amide bonds. The number of aryl methyl sites for hydroxylation is 1. The molecule has 9 heteroatoms. The number of rotatable bonds is 3. The lowest BCUT2D eigenvalue weighted by Gasteiger charge is -2.36. The lowest BCUT2D eigenvalue weighted by Crippen LogP contribution is -2.54. The third-order valence-electron chi connectivity index (χ3n) is 5.86. The van der Waals surface area contributed by atoms with Gasteiger partial charge in [-0.1, -0.05) is 6.07 Å². The third kappa shape index (κ3) is 3.45. The smallest absolute Gasteiger partial charge is 0.331 e. The van der Waals surface area contributed by atoms with Crippen molar-refractivity contribution in [3.8, 4) is 11.5 Å². The average molecular weight is 437 g/mol. The van der Waals surface area contributed by atoms with Gasteiger partial charge in [-0.15, -0.1) is 0 Å². The lowest BCUT2D eigenvalue weighted by molar-refractivity contribution is -0.130. The molecule has 3 heterocycles. The molecule has 2 aromatic rings. The Morgan fingerprint density at radius 1 is 1.12 bits per heavy atom. The van der Waals surface area contributed by atoms with Gasteiger partial charge in [-0.3, -0.25) is 19.8 Å². The third-order valence-corrected chi connectivity index (χ3v) is 5.86. The van der Waals surface area contributed by atoms with Gasteiger partial charge >= 0.3 is 6.03 Å². The molecule has 3 aliphatic heterocycles. The van der Waals surface area contributed by atoms with E-state index in [1.165, 1.54) is 18.3 Å². The number of fused-ring (bicyclic) bond motifs is 2. The van der Waals surface area contributed by atoms with Crippen LogP contribution in [-0.2, 0) is 22.6 Å². The minimum absolute atomic E-state index is 0.0130. The van der Waals surface area contributed by atoms with Crippen molar-refractivity contribution in [1.29, 1.82) is 0 Å². The highest BCUT2D eigenvalue weighted by atomic mass is 19.1. The number of hydrogen-bond acceptors (Lipinski definition) is 6. The maximum absolute atomic E-state index is 13.7. The quantitative estimate of drug-likeness (QED) is 0.587. The summed E-state index contributed by atoms with van der Waals surface area (Å²) in [5.41, 5.74) is 2.03. The number of barbiturate groups is 1. The molecule has 1 fully saturated rings. The summed E-state index contributed by atoms with van der Waals surface area (Å²) in [4.78, 5) is 40.9. The molecule has 3 aliphatic rings. The number of ether oxygens (including phenoxy) is 2. The fraction of sp³-hybridized carbons (Fsp3) is 0.261. The second-order valence-corrected chi connectivity index (χ2v) is 7.95. The first-order valence-corrected chi connectivity index (χ1v) is 10.2. The molecule has 0 radical (unpaired) electrons. The molecule has 5 rings (SSSR count). The number of benzene rings is 2. The summed E-state index contributed by atoms with van der Waals surface area (Å²) < 4.78 is 24.3. The second-order valence-electron chi connectivity index (χ2n) is 7.95. The number of nitrogens with one attached hydrogen (secondary N) is 1. The topological polar surface area (TPSA) is 88.2 Å². The zero-order valence-electron chi connectivity index (χ0n) is 17.3. The summed E-state index contributed by atoms with van der Waals surface area (Å²) in [5.74, 6) is -0.669. The van der Waals surface area contributed by atoms with Crippen LogP contribution in [0.5, 0.6) is 11.5 Å². The van der Waals surface area contributed by atoms with Crippen molar-refractivity contribution in [3.05, 3.63) is 65.1 Å². The fourth-order valence-electron chi connectivity index (χ4n) is 4.13. The maximum Gasteiger partial charge on any atom is 0.331 e. The van der Waals surface area contributed by atoms with E-state index in [1.54, 1.807) is 29.2 Å². The largest absolute Gasteiger partial charge is 0.454 e. The van der Waals surface area contributed by atoms with Crippen molar-refractivity contribution < 1.29 is 28.2 Å². The van der Waals surface area contributed by atoms with Gasteiger partial charge in [0.1, 0.15) is 11.4 Å². The summed E-state index contributed by atoms with van der Waals surface area (Å²) in [7, 11) is 0. The van der Waals surface area contributed by atoms with Crippen molar-refractivity contribution in [2.75, 3.05) is 11.7 Å². The van der Waals surface area contributed by atoms with Gasteiger partial charge in [0, 0.05) is 17.9 Å². The number of carbonyl (C=O) groups is 3. The number of nitrogens with zero attached hydrogens (tertiary/aromatic N) is 2. The normalized spacial score (nSPS) is 21.1. The van der Waals surface area contributed by atoms with Crippen molar-refractivity contribution in [3.63, 3.8) is 0 Å². The lowest BCUT2D eigenvalue weighted by atomic mass is 9.96. The first-order valence-electron chi connectivity index (χ1n) is 10.2. The van der Waals surface area contributed by atoms with Gasteiger partial charge in [-0.05, 0) is 61.2 Å². The van der Waals surface area contributed by atoms with E-state index in [0.29, 0.717) is 23.5 Å². The van der Waals surface area contributed by atoms with E-state index in [-0.39, 0.29) is 30.8 Å². The predicted octanol–water partition coefficient (Wildman–Crippen LogP) is 2.86. The molecule has 0 aromatic heterocycles. The zero-order chi connectivity index (χ0) is 22.4. The molecule has 1 unspecified atom stereocenters. The zero-order valence-corrected chi connectivity index (χ0v) is 17.3. The molecule has 0 aliphatic carbocycles. The van der Waals surface area contributed by atoms with Crippen LogP contribution in [0, 0.1) is 5.82 Å². The van der Waals surface area contributed by atoms with Crippen molar-refractivity contribution in [2.24, 2.45) is 0 Å². The summed E-state index contributed by atoms with van der Waals surface area (Å²) in [6.45, 7) is 2.04. The molecule has 1 atom stereocenters. The SMILES string of the molecule is CC1CCc2cc(F)ccc2N1/C=C1/C(=O)NC(=O)N(Cc2ccc3c(c2)OCO3)C1=O. The van der Waals surface area contributed by atoms with Gasteiger partial charge in [0.2, 0.25) is 6.79 Å². The van der Waals surface area contributed by atoms with Gasteiger partial charge in [0.05, 0.1) is 6.54 Å².